The van der Waals surface area contributed by atoms with E-state index in [1.54, 1.807) is 63.3 Å². The Labute approximate surface area is 145 Å². The average molecular weight is 343 g/mol. The highest BCUT2D eigenvalue weighted by atomic mass is 16.5. The van der Waals surface area contributed by atoms with Crippen molar-refractivity contribution in [1.29, 1.82) is 0 Å². The minimum absolute atomic E-state index is 0.0492. The molecule has 25 heavy (non-hydrogen) atoms. The molecule has 7 heteroatoms. The number of aliphatic hydroxyl groups is 1. The summed E-state index contributed by atoms with van der Waals surface area (Å²) in [5.74, 6) is 0.847. The van der Waals surface area contributed by atoms with Crippen molar-refractivity contribution in [3.63, 3.8) is 0 Å². The van der Waals surface area contributed by atoms with E-state index in [1.807, 2.05) is 0 Å². The van der Waals surface area contributed by atoms with Gasteiger partial charge in [-0.2, -0.15) is 5.10 Å². The molecule has 0 saturated carbocycles. The van der Waals surface area contributed by atoms with Gasteiger partial charge in [0.05, 0.1) is 25.4 Å². The third-order valence-corrected chi connectivity index (χ3v) is 4.22. The zero-order chi connectivity index (χ0) is 18.2. The van der Waals surface area contributed by atoms with E-state index < -0.39 is 5.60 Å². The summed E-state index contributed by atoms with van der Waals surface area (Å²) >= 11 is 0. The fourth-order valence-electron chi connectivity index (χ4n) is 2.75. The Hall–Kier alpha value is -2.80. The summed E-state index contributed by atoms with van der Waals surface area (Å²) in [6.45, 7) is 3.42. The Kier molecular flexibility index (Phi) is 4.26. The second-order valence-corrected chi connectivity index (χ2v) is 6.25. The van der Waals surface area contributed by atoms with Gasteiger partial charge < -0.3 is 19.6 Å². The minimum Gasteiger partial charge on any atom is -0.497 e. The quantitative estimate of drug-likeness (QED) is 0.741. The first-order chi connectivity index (χ1) is 11.8. The Bertz CT molecular complexity index is 924. The third-order valence-electron chi connectivity index (χ3n) is 4.22. The topological polar surface area (TPSA) is 89.5 Å². The van der Waals surface area contributed by atoms with Gasteiger partial charge in [-0.3, -0.25) is 9.48 Å². The number of fused-ring (bicyclic) bond motifs is 1. The molecule has 1 aromatic carbocycles. The first-order valence-corrected chi connectivity index (χ1v) is 7.88. The van der Waals surface area contributed by atoms with Gasteiger partial charge >= 0.3 is 0 Å². The summed E-state index contributed by atoms with van der Waals surface area (Å²) in [5, 5.41) is 18.1. The van der Waals surface area contributed by atoms with Gasteiger partial charge in [-0.25, -0.2) is 0 Å². The van der Waals surface area contributed by atoms with Crippen molar-refractivity contribution >= 4 is 16.9 Å². The number of hydrogen-bond acceptors (Lipinski definition) is 5. The summed E-state index contributed by atoms with van der Waals surface area (Å²) in [5.41, 5.74) is 0.457. The van der Waals surface area contributed by atoms with Gasteiger partial charge in [0.2, 0.25) is 0 Å². The number of benzene rings is 1. The second kappa shape index (κ2) is 6.25. The maximum atomic E-state index is 12.7. The highest BCUT2D eigenvalue weighted by Gasteiger charge is 2.27. The predicted molar refractivity (Wildman–Crippen MR) is 92.6 cm³/mol. The fraction of sp³-hybridized carbons (Fsp3) is 0.333. The number of nitrogens with one attached hydrogen (secondary N) is 1. The van der Waals surface area contributed by atoms with Gasteiger partial charge in [0.25, 0.3) is 5.91 Å². The van der Waals surface area contributed by atoms with Gasteiger partial charge in [-0.05, 0) is 32.0 Å². The van der Waals surface area contributed by atoms with E-state index in [9.17, 15) is 9.90 Å². The van der Waals surface area contributed by atoms with Crippen LogP contribution in [0.25, 0.3) is 11.0 Å². The molecule has 2 N–H and O–H groups in total. The van der Waals surface area contributed by atoms with Crippen molar-refractivity contribution in [2.75, 3.05) is 13.7 Å². The van der Waals surface area contributed by atoms with Gasteiger partial charge in [0.1, 0.15) is 22.7 Å². The standard InChI is InChI=1S/C18H21N3O4/c1-11-16(14-7-13(24-4)5-6-15(14)25-11)17(22)19-10-18(2,23)12-8-20-21(3)9-12/h5-9,23H,10H2,1-4H3,(H,19,22). The zero-order valence-electron chi connectivity index (χ0n) is 14.7. The molecule has 0 radical (unpaired) electrons. The predicted octanol–water partition coefficient (Wildman–Crippen LogP) is 2.12. The van der Waals surface area contributed by atoms with Crippen molar-refractivity contribution in [3.8, 4) is 5.75 Å². The van der Waals surface area contributed by atoms with E-state index >= 15 is 0 Å². The highest BCUT2D eigenvalue weighted by Crippen LogP contribution is 2.29. The second-order valence-electron chi connectivity index (χ2n) is 6.25. The third kappa shape index (κ3) is 3.23. The number of aryl methyl sites for hydroxylation is 2. The van der Waals surface area contributed by atoms with Crippen LogP contribution in [0.2, 0.25) is 0 Å². The van der Waals surface area contributed by atoms with Crippen LogP contribution in [-0.4, -0.2) is 34.4 Å². The summed E-state index contributed by atoms with van der Waals surface area (Å²) in [6, 6.07) is 5.31. The highest BCUT2D eigenvalue weighted by molar-refractivity contribution is 6.07. The molecular weight excluding hydrogens is 322 g/mol. The van der Waals surface area contributed by atoms with Gasteiger partial charge in [0.15, 0.2) is 0 Å². The molecule has 3 rings (SSSR count). The van der Waals surface area contributed by atoms with E-state index in [0.29, 0.717) is 33.6 Å². The lowest BCUT2D eigenvalue weighted by Crippen LogP contribution is -2.38. The lowest BCUT2D eigenvalue weighted by atomic mass is 9.99. The van der Waals surface area contributed by atoms with E-state index in [-0.39, 0.29) is 12.5 Å². The van der Waals surface area contributed by atoms with Crippen LogP contribution in [0, 0.1) is 6.92 Å². The summed E-state index contributed by atoms with van der Waals surface area (Å²) in [7, 11) is 3.34. The first kappa shape index (κ1) is 17.0. The van der Waals surface area contributed by atoms with Crippen molar-refractivity contribution < 1.29 is 19.1 Å². The maximum absolute atomic E-state index is 12.7. The fourth-order valence-corrected chi connectivity index (χ4v) is 2.75. The average Bonchev–Trinajstić information content (AvgIpc) is 3.15. The van der Waals surface area contributed by atoms with Crippen LogP contribution >= 0.6 is 0 Å². The van der Waals surface area contributed by atoms with E-state index in [4.69, 9.17) is 9.15 Å². The smallest absolute Gasteiger partial charge is 0.255 e. The van der Waals surface area contributed by atoms with Crippen molar-refractivity contribution in [2.24, 2.45) is 7.05 Å². The number of carbonyl (C=O) groups is 1. The summed E-state index contributed by atoms with van der Waals surface area (Å²) < 4.78 is 12.5. The van der Waals surface area contributed by atoms with Crippen molar-refractivity contribution in [1.82, 2.24) is 15.1 Å². The first-order valence-electron chi connectivity index (χ1n) is 7.88. The molecule has 0 spiro atoms. The van der Waals surface area contributed by atoms with Crippen LogP contribution in [0.4, 0.5) is 0 Å². The molecule has 2 heterocycles. The molecule has 0 fully saturated rings. The largest absolute Gasteiger partial charge is 0.497 e. The molecule has 132 valence electrons. The van der Waals surface area contributed by atoms with Gasteiger partial charge in [-0.1, -0.05) is 0 Å². The van der Waals surface area contributed by atoms with Crippen LogP contribution in [0.1, 0.15) is 28.6 Å². The number of aromatic nitrogens is 2. The van der Waals surface area contributed by atoms with Crippen LogP contribution in [0.5, 0.6) is 5.75 Å². The number of ether oxygens (including phenoxy) is 1. The lowest BCUT2D eigenvalue weighted by Gasteiger charge is -2.22. The Morgan fingerprint density at radius 1 is 1.48 bits per heavy atom. The summed E-state index contributed by atoms with van der Waals surface area (Å²) in [6.07, 6.45) is 3.30. The van der Waals surface area contributed by atoms with E-state index in [1.165, 1.54) is 0 Å². The van der Waals surface area contributed by atoms with E-state index in [2.05, 4.69) is 10.4 Å². The van der Waals surface area contributed by atoms with Crippen molar-refractivity contribution in [2.45, 2.75) is 19.4 Å². The monoisotopic (exact) mass is 343 g/mol. The van der Waals surface area contributed by atoms with Crippen LogP contribution < -0.4 is 10.1 Å². The molecule has 7 nitrogen and oxygen atoms in total. The normalized spacial score (nSPS) is 13.6. The Morgan fingerprint density at radius 2 is 2.24 bits per heavy atom. The van der Waals surface area contributed by atoms with Crippen LogP contribution in [-0.2, 0) is 12.6 Å². The van der Waals surface area contributed by atoms with Gasteiger partial charge in [-0.15, -0.1) is 0 Å². The molecule has 1 atom stereocenters. The maximum Gasteiger partial charge on any atom is 0.255 e. The number of nitrogens with zero attached hydrogens (tertiary/aromatic N) is 2. The number of hydrogen-bond donors (Lipinski definition) is 2. The molecule has 0 aliphatic carbocycles. The number of amides is 1. The summed E-state index contributed by atoms with van der Waals surface area (Å²) in [4.78, 5) is 12.7. The molecular formula is C18H21N3O4. The van der Waals surface area contributed by atoms with E-state index in [0.717, 1.165) is 0 Å². The molecule has 0 aliphatic heterocycles. The molecule has 0 aliphatic rings. The van der Waals surface area contributed by atoms with Crippen LogP contribution in [0.3, 0.4) is 0 Å². The molecule has 0 bridgehead atoms. The number of furan rings is 1. The zero-order valence-corrected chi connectivity index (χ0v) is 14.7. The number of carbonyl (C=O) groups excluding carboxylic acids is 1. The van der Waals surface area contributed by atoms with Crippen LogP contribution in [0.15, 0.2) is 35.0 Å². The minimum atomic E-state index is -1.23. The molecule has 1 unspecified atom stereocenters. The Balaban J connectivity index is 1.84. The molecule has 0 saturated heterocycles. The lowest BCUT2D eigenvalue weighted by molar-refractivity contribution is 0.0525. The molecule has 1 amide bonds. The van der Waals surface area contributed by atoms with Gasteiger partial charge in [0, 0.05) is 24.2 Å². The molecule has 3 aromatic rings. The van der Waals surface area contributed by atoms with Crippen molar-refractivity contribution in [3.05, 3.63) is 47.5 Å². The number of methoxy groups -OCH3 is 1. The number of rotatable bonds is 5. The SMILES string of the molecule is COc1ccc2oc(C)c(C(=O)NCC(C)(O)c3cnn(C)c3)c2c1. The Morgan fingerprint density at radius 3 is 2.88 bits per heavy atom. The molecule has 2 aromatic heterocycles.